The first-order chi connectivity index (χ1) is 14.8. The number of hydrogen-bond acceptors (Lipinski definition) is 5. The topological polar surface area (TPSA) is 39.2 Å². The summed E-state index contributed by atoms with van der Waals surface area (Å²) in [6.07, 6.45) is 3.77. The van der Waals surface area contributed by atoms with Gasteiger partial charge in [-0.2, -0.15) is 5.10 Å². The molecule has 2 aliphatic heterocycles. The Morgan fingerprint density at radius 1 is 0.933 bits per heavy atom. The summed E-state index contributed by atoms with van der Waals surface area (Å²) in [7, 11) is 0. The van der Waals surface area contributed by atoms with E-state index in [0.29, 0.717) is 12.3 Å². The number of carbonyl (C=O) groups excluding carboxylic acids is 1. The van der Waals surface area contributed by atoms with Gasteiger partial charge in [0.05, 0.1) is 10.6 Å². The van der Waals surface area contributed by atoms with Crippen LogP contribution in [-0.4, -0.2) is 65.7 Å². The summed E-state index contributed by atoms with van der Waals surface area (Å²) in [6, 6.07) is 12.9. The fourth-order valence-electron chi connectivity index (χ4n) is 4.85. The minimum absolute atomic E-state index is 0.202. The Balaban J connectivity index is 1.04. The molecule has 5 rings (SSSR count). The standard InChI is InChI=1S/C24H30N4OS/c29-22-17-21-16-20-8-15-30-24(20)23(21)25-28(22)10-5-4-9-26-11-13-27(14-12-26)18-19-6-2-1-3-7-19/h1-3,6-8,15,21H,4-5,9-14,16-18H2. The SMILES string of the molecule is O=C1CC2Cc3ccsc3C2=NN1CCCCN1CCN(Cc2ccccc2)CC1. The molecule has 1 amide bonds. The van der Waals surface area contributed by atoms with E-state index in [1.165, 1.54) is 16.0 Å². The van der Waals surface area contributed by atoms with Crippen molar-refractivity contribution in [2.24, 2.45) is 11.0 Å². The number of hydrogen-bond donors (Lipinski definition) is 0. The predicted octanol–water partition coefficient (Wildman–Crippen LogP) is 3.45. The number of hydrazone groups is 1. The first-order valence-corrected chi connectivity index (χ1v) is 12.1. The molecule has 3 heterocycles. The van der Waals surface area contributed by atoms with E-state index in [4.69, 9.17) is 5.10 Å². The van der Waals surface area contributed by atoms with Crippen molar-refractivity contribution in [2.45, 2.75) is 32.2 Å². The summed E-state index contributed by atoms with van der Waals surface area (Å²) in [6.45, 7) is 7.48. The lowest BCUT2D eigenvalue weighted by Crippen LogP contribution is -2.46. The third kappa shape index (κ3) is 4.36. The van der Waals surface area contributed by atoms with Crippen LogP contribution in [0, 0.1) is 5.92 Å². The van der Waals surface area contributed by atoms with E-state index in [1.54, 1.807) is 16.3 Å². The lowest BCUT2D eigenvalue weighted by atomic mass is 9.99. The zero-order valence-corrected chi connectivity index (χ0v) is 18.3. The molecular weight excluding hydrogens is 392 g/mol. The normalized spacial score (nSPS) is 22.1. The van der Waals surface area contributed by atoms with Gasteiger partial charge in [0.2, 0.25) is 5.91 Å². The molecule has 30 heavy (non-hydrogen) atoms. The molecule has 0 radical (unpaired) electrons. The van der Waals surface area contributed by atoms with Crippen molar-refractivity contribution in [3.8, 4) is 0 Å². The number of benzene rings is 1. The van der Waals surface area contributed by atoms with Gasteiger partial charge >= 0.3 is 0 Å². The van der Waals surface area contributed by atoms with Crippen LogP contribution in [-0.2, 0) is 17.8 Å². The quantitative estimate of drug-likeness (QED) is 0.642. The summed E-state index contributed by atoms with van der Waals surface area (Å²) in [5.41, 5.74) is 3.94. The Bertz CT molecular complexity index is 901. The monoisotopic (exact) mass is 422 g/mol. The zero-order valence-electron chi connectivity index (χ0n) is 17.5. The molecule has 0 bridgehead atoms. The summed E-state index contributed by atoms with van der Waals surface area (Å²) in [4.78, 5) is 18.9. The lowest BCUT2D eigenvalue weighted by Gasteiger charge is -2.34. The first kappa shape index (κ1) is 19.9. The third-order valence-electron chi connectivity index (χ3n) is 6.58. The summed E-state index contributed by atoms with van der Waals surface area (Å²) in [5.74, 6) is 0.525. The van der Waals surface area contributed by atoms with Crippen LogP contribution in [0.5, 0.6) is 0 Å². The molecule has 6 heteroatoms. The molecule has 1 unspecified atom stereocenters. The number of thiophene rings is 1. The fraction of sp³-hybridized carbons (Fsp3) is 0.500. The van der Waals surface area contributed by atoms with Gasteiger partial charge in [-0.15, -0.1) is 11.3 Å². The molecule has 1 aromatic heterocycles. The molecule has 2 aromatic rings. The zero-order chi connectivity index (χ0) is 20.3. The molecule has 1 aromatic carbocycles. The third-order valence-corrected chi connectivity index (χ3v) is 7.56. The number of rotatable bonds is 7. The highest BCUT2D eigenvalue weighted by atomic mass is 32.1. The summed E-state index contributed by atoms with van der Waals surface area (Å²) < 4.78 is 0. The van der Waals surface area contributed by atoms with Gasteiger partial charge in [0.25, 0.3) is 0 Å². The number of amides is 1. The number of carbonyl (C=O) groups is 1. The van der Waals surface area contributed by atoms with Crippen LogP contribution in [0.1, 0.15) is 35.3 Å². The van der Waals surface area contributed by atoms with Crippen LogP contribution in [0.2, 0.25) is 0 Å². The molecule has 3 aliphatic rings. The van der Waals surface area contributed by atoms with Crippen LogP contribution in [0.15, 0.2) is 46.9 Å². The Kier molecular flexibility index (Phi) is 5.97. The molecular formula is C24H30N4OS. The van der Waals surface area contributed by atoms with Gasteiger partial charge in [0.15, 0.2) is 0 Å². The number of nitrogens with zero attached hydrogens (tertiary/aromatic N) is 4. The fourth-order valence-corrected chi connectivity index (χ4v) is 5.85. The molecule has 158 valence electrons. The van der Waals surface area contributed by atoms with Crippen molar-refractivity contribution in [3.05, 3.63) is 57.8 Å². The van der Waals surface area contributed by atoms with Crippen LogP contribution in [0.3, 0.4) is 0 Å². The molecule has 1 fully saturated rings. The van der Waals surface area contributed by atoms with E-state index in [-0.39, 0.29) is 5.91 Å². The number of unbranched alkanes of at least 4 members (excludes halogenated alkanes) is 1. The second-order valence-corrected chi connectivity index (χ2v) is 9.61. The van der Waals surface area contributed by atoms with E-state index >= 15 is 0 Å². The van der Waals surface area contributed by atoms with Crippen molar-refractivity contribution in [2.75, 3.05) is 39.3 Å². The van der Waals surface area contributed by atoms with Crippen LogP contribution >= 0.6 is 11.3 Å². The van der Waals surface area contributed by atoms with Gasteiger partial charge in [-0.25, -0.2) is 5.01 Å². The highest BCUT2D eigenvalue weighted by molar-refractivity contribution is 7.12. The smallest absolute Gasteiger partial charge is 0.243 e. The molecule has 1 atom stereocenters. The molecule has 5 nitrogen and oxygen atoms in total. The van der Waals surface area contributed by atoms with Crippen molar-refractivity contribution in [3.63, 3.8) is 0 Å². The van der Waals surface area contributed by atoms with Gasteiger partial charge in [0.1, 0.15) is 0 Å². The van der Waals surface area contributed by atoms with Gasteiger partial charge in [-0.3, -0.25) is 9.69 Å². The van der Waals surface area contributed by atoms with Crippen molar-refractivity contribution < 1.29 is 4.79 Å². The van der Waals surface area contributed by atoms with E-state index in [2.05, 4.69) is 51.6 Å². The summed E-state index contributed by atoms with van der Waals surface area (Å²) >= 11 is 1.77. The average Bonchev–Trinajstić information content (AvgIpc) is 3.34. The first-order valence-electron chi connectivity index (χ1n) is 11.2. The van der Waals surface area contributed by atoms with Crippen molar-refractivity contribution >= 4 is 23.0 Å². The maximum atomic E-state index is 12.5. The molecule has 1 aliphatic carbocycles. The Morgan fingerprint density at radius 3 is 2.53 bits per heavy atom. The van der Waals surface area contributed by atoms with E-state index in [1.807, 2.05) is 0 Å². The van der Waals surface area contributed by atoms with E-state index in [0.717, 1.165) is 70.8 Å². The van der Waals surface area contributed by atoms with E-state index in [9.17, 15) is 4.79 Å². The largest absolute Gasteiger partial charge is 0.301 e. The molecule has 0 saturated carbocycles. The average molecular weight is 423 g/mol. The Hall–Kier alpha value is -2.02. The maximum Gasteiger partial charge on any atom is 0.243 e. The van der Waals surface area contributed by atoms with Gasteiger partial charge < -0.3 is 4.90 Å². The Labute approximate surface area is 183 Å². The summed E-state index contributed by atoms with van der Waals surface area (Å²) in [5, 5.41) is 8.65. The van der Waals surface area contributed by atoms with Crippen LogP contribution in [0.4, 0.5) is 0 Å². The van der Waals surface area contributed by atoms with Gasteiger partial charge in [-0.1, -0.05) is 30.3 Å². The minimum atomic E-state index is 0.202. The second kappa shape index (κ2) is 9.00. The maximum absolute atomic E-state index is 12.5. The van der Waals surface area contributed by atoms with Crippen molar-refractivity contribution in [1.29, 1.82) is 0 Å². The van der Waals surface area contributed by atoms with Gasteiger partial charge in [0, 0.05) is 51.6 Å². The molecule has 0 spiro atoms. The Morgan fingerprint density at radius 2 is 1.70 bits per heavy atom. The van der Waals surface area contributed by atoms with Crippen molar-refractivity contribution in [1.82, 2.24) is 14.8 Å². The van der Waals surface area contributed by atoms with E-state index < -0.39 is 0 Å². The number of fused-ring (bicyclic) bond motifs is 3. The minimum Gasteiger partial charge on any atom is -0.301 e. The second-order valence-electron chi connectivity index (χ2n) is 8.69. The highest BCUT2D eigenvalue weighted by Gasteiger charge is 2.36. The lowest BCUT2D eigenvalue weighted by molar-refractivity contribution is -0.132. The molecule has 1 saturated heterocycles. The van der Waals surface area contributed by atoms with Crippen LogP contribution < -0.4 is 0 Å². The number of piperazine rings is 1. The van der Waals surface area contributed by atoms with Gasteiger partial charge in [-0.05, 0) is 48.4 Å². The van der Waals surface area contributed by atoms with Crippen LogP contribution in [0.25, 0.3) is 0 Å². The highest BCUT2D eigenvalue weighted by Crippen LogP contribution is 2.36. The molecule has 0 N–H and O–H groups in total. The predicted molar refractivity (Wildman–Crippen MR) is 122 cm³/mol.